The Labute approximate surface area is 108 Å². The van der Waals surface area contributed by atoms with Gasteiger partial charge >= 0.3 is 0 Å². The molecule has 4 heteroatoms. The van der Waals surface area contributed by atoms with Crippen molar-refractivity contribution in [2.75, 3.05) is 11.5 Å². The molecule has 0 amide bonds. The third-order valence-corrected chi connectivity index (χ3v) is 4.89. The molecule has 0 radical (unpaired) electrons. The molecular weight excluding hydrogens is 286 g/mol. The van der Waals surface area contributed by atoms with Crippen molar-refractivity contribution in [3.8, 4) is 0 Å². The van der Waals surface area contributed by atoms with E-state index >= 15 is 0 Å². The first-order valence-electron chi connectivity index (χ1n) is 5.51. The predicted octanol–water partition coefficient (Wildman–Crippen LogP) is 3.58. The van der Waals surface area contributed by atoms with E-state index in [2.05, 4.69) is 29.8 Å². The second-order valence-electron chi connectivity index (χ2n) is 3.88. The topological polar surface area (TPSA) is 43.1 Å². The Kier molecular flexibility index (Phi) is 5.49. The minimum Gasteiger partial charge on any atom is -0.398 e. The minimum absolute atomic E-state index is 0.517. The van der Waals surface area contributed by atoms with Crippen LogP contribution in [0.5, 0.6) is 0 Å². The van der Waals surface area contributed by atoms with Crippen LogP contribution in [0.3, 0.4) is 0 Å². The van der Waals surface area contributed by atoms with Crippen molar-refractivity contribution >= 4 is 32.4 Å². The van der Waals surface area contributed by atoms with Crippen LogP contribution in [0, 0.1) is 5.92 Å². The molecule has 0 aliphatic heterocycles. The quantitative estimate of drug-likeness (QED) is 0.845. The van der Waals surface area contributed by atoms with Crippen molar-refractivity contribution in [1.29, 1.82) is 0 Å². The zero-order chi connectivity index (χ0) is 12.1. The Hall–Kier alpha value is -0.350. The van der Waals surface area contributed by atoms with E-state index in [9.17, 15) is 4.21 Å². The summed E-state index contributed by atoms with van der Waals surface area (Å²) in [6.07, 6.45) is 2.14. The maximum Gasteiger partial charge on any atom is 0.0618 e. The van der Waals surface area contributed by atoms with Crippen LogP contribution >= 0.6 is 15.9 Å². The number of nitrogen functional groups attached to an aromatic ring is 1. The van der Waals surface area contributed by atoms with Gasteiger partial charge in [-0.1, -0.05) is 42.6 Å². The molecule has 2 N–H and O–H groups in total. The fraction of sp³-hybridized carbons (Fsp3) is 0.500. The van der Waals surface area contributed by atoms with Crippen LogP contribution in [0.4, 0.5) is 5.69 Å². The standard InChI is InChI=1S/C12H18BrNOS/c1-3-9(4-2)8-16(15)12-6-5-10(13)7-11(12)14/h5-7,9H,3-4,8,14H2,1-2H3. The van der Waals surface area contributed by atoms with Crippen molar-refractivity contribution in [1.82, 2.24) is 0 Å². The second kappa shape index (κ2) is 6.40. The lowest BCUT2D eigenvalue weighted by Gasteiger charge is -2.12. The molecule has 0 fully saturated rings. The van der Waals surface area contributed by atoms with Gasteiger partial charge in [0, 0.05) is 15.9 Å². The predicted molar refractivity (Wildman–Crippen MR) is 73.9 cm³/mol. The Balaban J connectivity index is 2.80. The highest BCUT2D eigenvalue weighted by Gasteiger charge is 2.13. The van der Waals surface area contributed by atoms with E-state index < -0.39 is 10.8 Å². The highest BCUT2D eigenvalue weighted by atomic mass is 79.9. The average molecular weight is 304 g/mol. The van der Waals surface area contributed by atoms with Gasteiger partial charge in [0.15, 0.2) is 0 Å². The van der Waals surface area contributed by atoms with Gasteiger partial charge in [0.1, 0.15) is 0 Å². The van der Waals surface area contributed by atoms with E-state index in [1.807, 2.05) is 12.1 Å². The molecule has 0 aliphatic rings. The van der Waals surface area contributed by atoms with Crippen LogP contribution in [0.1, 0.15) is 26.7 Å². The lowest BCUT2D eigenvalue weighted by molar-refractivity contribution is 0.545. The van der Waals surface area contributed by atoms with Gasteiger partial charge in [-0.3, -0.25) is 4.21 Å². The van der Waals surface area contributed by atoms with E-state index in [0.717, 1.165) is 22.2 Å². The normalized spacial score (nSPS) is 13.0. The maximum atomic E-state index is 12.1. The number of hydrogen-bond donors (Lipinski definition) is 1. The van der Waals surface area contributed by atoms with Crippen LogP contribution in [0.2, 0.25) is 0 Å². The molecule has 1 unspecified atom stereocenters. The molecule has 1 atom stereocenters. The highest BCUT2D eigenvalue weighted by Crippen LogP contribution is 2.23. The molecule has 90 valence electrons. The monoisotopic (exact) mass is 303 g/mol. The molecule has 0 spiro atoms. The lowest BCUT2D eigenvalue weighted by atomic mass is 10.1. The molecule has 0 saturated carbocycles. The molecule has 16 heavy (non-hydrogen) atoms. The fourth-order valence-corrected chi connectivity index (χ4v) is 3.55. The number of benzene rings is 1. The molecule has 1 aromatic rings. The molecular formula is C12H18BrNOS. The van der Waals surface area contributed by atoms with Gasteiger partial charge in [0.25, 0.3) is 0 Å². The van der Waals surface area contributed by atoms with E-state index in [4.69, 9.17) is 5.73 Å². The Bertz CT molecular complexity index is 377. The zero-order valence-electron chi connectivity index (χ0n) is 9.70. The first-order valence-corrected chi connectivity index (χ1v) is 7.63. The van der Waals surface area contributed by atoms with Crippen molar-refractivity contribution < 1.29 is 4.21 Å². The summed E-state index contributed by atoms with van der Waals surface area (Å²) in [5, 5.41) is 0. The molecule has 0 saturated heterocycles. The molecule has 0 aliphatic carbocycles. The Morgan fingerprint density at radius 2 is 2.00 bits per heavy atom. The van der Waals surface area contributed by atoms with Crippen LogP contribution in [-0.2, 0) is 10.8 Å². The van der Waals surface area contributed by atoms with E-state index in [1.165, 1.54) is 0 Å². The van der Waals surface area contributed by atoms with Crippen LogP contribution in [0.15, 0.2) is 27.6 Å². The first kappa shape index (κ1) is 13.7. The SMILES string of the molecule is CCC(CC)CS(=O)c1ccc(Br)cc1N. The molecule has 0 heterocycles. The largest absolute Gasteiger partial charge is 0.398 e. The smallest absolute Gasteiger partial charge is 0.0618 e. The van der Waals surface area contributed by atoms with Gasteiger partial charge in [0.2, 0.25) is 0 Å². The van der Waals surface area contributed by atoms with Crippen molar-refractivity contribution in [3.05, 3.63) is 22.7 Å². The molecule has 1 aromatic carbocycles. The molecule has 0 bridgehead atoms. The summed E-state index contributed by atoms with van der Waals surface area (Å²) in [7, 11) is -0.979. The van der Waals surface area contributed by atoms with Crippen LogP contribution < -0.4 is 5.73 Å². The number of hydrogen-bond acceptors (Lipinski definition) is 2. The van der Waals surface area contributed by atoms with Crippen LogP contribution in [-0.4, -0.2) is 9.96 Å². The lowest BCUT2D eigenvalue weighted by Crippen LogP contribution is -2.11. The summed E-state index contributed by atoms with van der Waals surface area (Å²) < 4.78 is 13.0. The van der Waals surface area contributed by atoms with E-state index in [-0.39, 0.29) is 0 Å². The van der Waals surface area contributed by atoms with Gasteiger partial charge < -0.3 is 5.73 Å². The average Bonchev–Trinajstić information content (AvgIpc) is 2.25. The second-order valence-corrected chi connectivity index (χ2v) is 6.26. The summed E-state index contributed by atoms with van der Waals surface area (Å²) in [6, 6.07) is 5.54. The molecule has 1 rings (SSSR count). The van der Waals surface area contributed by atoms with Gasteiger partial charge in [0.05, 0.1) is 15.7 Å². The van der Waals surface area contributed by atoms with Gasteiger partial charge in [-0.25, -0.2) is 0 Å². The molecule has 2 nitrogen and oxygen atoms in total. The van der Waals surface area contributed by atoms with E-state index in [0.29, 0.717) is 17.4 Å². The third-order valence-electron chi connectivity index (χ3n) is 2.76. The number of anilines is 1. The maximum absolute atomic E-state index is 12.1. The summed E-state index contributed by atoms with van der Waals surface area (Å²) in [5.41, 5.74) is 6.47. The summed E-state index contributed by atoms with van der Waals surface area (Å²) >= 11 is 3.34. The fourth-order valence-electron chi connectivity index (χ4n) is 1.55. The summed E-state index contributed by atoms with van der Waals surface area (Å²) in [6.45, 7) is 4.27. The third kappa shape index (κ3) is 3.59. The zero-order valence-corrected chi connectivity index (χ0v) is 12.1. The van der Waals surface area contributed by atoms with Gasteiger partial charge in [-0.15, -0.1) is 0 Å². The number of rotatable bonds is 5. The van der Waals surface area contributed by atoms with Gasteiger partial charge in [-0.05, 0) is 24.1 Å². The Morgan fingerprint density at radius 3 is 2.50 bits per heavy atom. The van der Waals surface area contributed by atoms with Crippen molar-refractivity contribution in [3.63, 3.8) is 0 Å². The first-order chi connectivity index (χ1) is 7.58. The van der Waals surface area contributed by atoms with Crippen LogP contribution in [0.25, 0.3) is 0 Å². The minimum atomic E-state index is -0.979. The molecule has 0 aromatic heterocycles. The van der Waals surface area contributed by atoms with Crippen molar-refractivity contribution in [2.45, 2.75) is 31.6 Å². The summed E-state index contributed by atoms with van der Waals surface area (Å²) in [4.78, 5) is 0.759. The van der Waals surface area contributed by atoms with E-state index in [1.54, 1.807) is 6.07 Å². The van der Waals surface area contributed by atoms with Crippen molar-refractivity contribution in [2.24, 2.45) is 5.92 Å². The Morgan fingerprint density at radius 1 is 1.38 bits per heavy atom. The van der Waals surface area contributed by atoms with Gasteiger partial charge in [-0.2, -0.15) is 0 Å². The number of nitrogens with two attached hydrogens (primary N) is 1. The highest BCUT2D eigenvalue weighted by molar-refractivity contribution is 9.10. The summed E-state index contributed by atoms with van der Waals surface area (Å²) in [5.74, 6) is 1.22. The number of halogens is 1.